The van der Waals surface area contributed by atoms with E-state index in [1.54, 1.807) is 11.3 Å². The number of carbonyl (C=O) groups excluding carboxylic acids is 1. The van der Waals surface area contributed by atoms with Crippen LogP contribution in [0.5, 0.6) is 0 Å². The number of nitrogens with zero attached hydrogens (tertiary/aromatic N) is 2. The van der Waals surface area contributed by atoms with Crippen molar-refractivity contribution in [3.63, 3.8) is 0 Å². The molecule has 0 unspecified atom stereocenters. The van der Waals surface area contributed by atoms with Gasteiger partial charge in [-0.1, -0.05) is 47.1 Å². The van der Waals surface area contributed by atoms with Gasteiger partial charge in [0.25, 0.3) is 0 Å². The molecule has 35 heavy (non-hydrogen) atoms. The minimum absolute atomic E-state index is 0.0157. The van der Waals surface area contributed by atoms with Gasteiger partial charge in [-0.2, -0.15) is 0 Å². The van der Waals surface area contributed by atoms with Crippen molar-refractivity contribution in [3.8, 4) is 11.3 Å². The molecule has 1 amide bonds. The first-order valence-corrected chi connectivity index (χ1v) is 14.1. The standard InChI is InChI=1S/C25H26Cl2N4O2S2/c26-20-5-1-15(9-21(20)27)12-31-7-8-33-18(13-31)11-29-23(32)14-34-25-30-24-19-10-17(28)4-2-16(19)3-6-22(24)35-25/h1-2,4-5,9-10,18H,3,6-8,11-14,28H2,(H,29,32)/t18-/m0/s1. The van der Waals surface area contributed by atoms with Gasteiger partial charge in [0.1, 0.15) is 0 Å². The lowest BCUT2D eigenvalue weighted by atomic mass is 9.93. The number of halogens is 2. The number of hydrogen-bond donors (Lipinski definition) is 2. The molecule has 3 N–H and O–H groups in total. The summed E-state index contributed by atoms with van der Waals surface area (Å²) in [5.74, 6) is 0.314. The summed E-state index contributed by atoms with van der Waals surface area (Å²) in [7, 11) is 0. The number of aromatic nitrogens is 1. The number of carbonyl (C=O) groups is 1. The number of ether oxygens (including phenoxy) is 1. The number of fused-ring (bicyclic) bond motifs is 3. The Balaban J connectivity index is 1.10. The molecule has 0 bridgehead atoms. The highest BCUT2D eigenvalue weighted by molar-refractivity contribution is 8.01. The minimum Gasteiger partial charge on any atom is -0.399 e. The zero-order chi connectivity index (χ0) is 24.4. The lowest BCUT2D eigenvalue weighted by Gasteiger charge is -2.33. The van der Waals surface area contributed by atoms with Crippen LogP contribution in [0, 0.1) is 0 Å². The zero-order valence-electron chi connectivity index (χ0n) is 19.1. The Kier molecular flexibility index (Phi) is 7.86. The van der Waals surface area contributed by atoms with E-state index in [1.165, 1.54) is 22.2 Å². The van der Waals surface area contributed by atoms with E-state index in [1.807, 2.05) is 30.3 Å². The van der Waals surface area contributed by atoms with Crippen molar-refractivity contribution in [2.24, 2.45) is 0 Å². The largest absolute Gasteiger partial charge is 0.399 e. The van der Waals surface area contributed by atoms with E-state index >= 15 is 0 Å². The lowest BCUT2D eigenvalue weighted by molar-refractivity contribution is -0.119. The average Bonchev–Trinajstić information content (AvgIpc) is 3.28. The van der Waals surface area contributed by atoms with E-state index in [0.29, 0.717) is 28.9 Å². The molecule has 1 aliphatic carbocycles. The van der Waals surface area contributed by atoms with Crippen LogP contribution in [0.2, 0.25) is 10.0 Å². The topological polar surface area (TPSA) is 80.5 Å². The highest BCUT2D eigenvalue weighted by Gasteiger charge is 2.23. The number of rotatable bonds is 7. The Morgan fingerprint density at radius 3 is 2.97 bits per heavy atom. The van der Waals surface area contributed by atoms with E-state index in [4.69, 9.17) is 38.7 Å². The smallest absolute Gasteiger partial charge is 0.230 e. The zero-order valence-corrected chi connectivity index (χ0v) is 22.2. The van der Waals surface area contributed by atoms with Crippen LogP contribution in [0.25, 0.3) is 11.3 Å². The Morgan fingerprint density at radius 2 is 2.11 bits per heavy atom. The van der Waals surface area contributed by atoms with Crippen LogP contribution in [0.1, 0.15) is 16.0 Å². The predicted molar refractivity (Wildman–Crippen MR) is 145 cm³/mol. The van der Waals surface area contributed by atoms with Crippen molar-refractivity contribution in [2.75, 3.05) is 37.7 Å². The molecule has 1 fully saturated rings. The van der Waals surface area contributed by atoms with Crippen LogP contribution >= 0.6 is 46.3 Å². The molecule has 184 valence electrons. The number of morpholine rings is 1. The van der Waals surface area contributed by atoms with Crippen molar-refractivity contribution in [1.29, 1.82) is 0 Å². The summed E-state index contributed by atoms with van der Waals surface area (Å²) >= 11 is 15.3. The number of nitrogens with two attached hydrogens (primary N) is 1. The predicted octanol–water partition coefficient (Wildman–Crippen LogP) is 4.91. The molecule has 0 radical (unpaired) electrons. The number of anilines is 1. The molecule has 1 atom stereocenters. The number of amides is 1. The average molecular weight is 550 g/mol. The molecule has 1 saturated heterocycles. The van der Waals surface area contributed by atoms with Gasteiger partial charge < -0.3 is 15.8 Å². The van der Waals surface area contributed by atoms with Gasteiger partial charge in [0.05, 0.1) is 34.2 Å². The molecule has 3 aromatic rings. The molecular formula is C25H26Cl2N4O2S2. The number of nitrogens with one attached hydrogen (secondary N) is 1. The normalized spacial score (nSPS) is 17.6. The Bertz CT molecular complexity index is 1240. The quantitative estimate of drug-likeness (QED) is 0.322. The molecule has 0 spiro atoms. The number of hydrogen-bond acceptors (Lipinski definition) is 7. The van der Waals surface area contributed by atoms with E-state index in [2.05, 4.69) is 16.3 Å². The summed E-state index contributed by atoms with van der Waals surface area (Å²) in [6.07, 6.45) is 1.93. The number of aryl methyl sites for hydroxylation is 2. The maximum atomic E-state index is 12.5. The van der Waals surface area contributed by atoms with Gasteiger partial charge in [0.15, 0.2) is 4.34 Å². The van der Waals surface area contributed by atoms with Gasteiger partial charge in [-0.3, -0.25) is 9.69 Å². The van der Waals surface area contributed by atoms with Gasteiger partial charge in [0, 0.05) is 42.3 Å². The van der Waals surface area contributed by atoms with E-state index in [9.17, 15) is 4.79 Å². The van der Waals surface area contributed by atoms with Crippen molar-refractivity contribution in [1.82, 2.24) is 15.2 Å². The monoisotopic (exact) mass is 548 g/mol. The van der Waals surface area contributed by atoms with E-state index in [0.717, 1.165) is 59.3 Å². The van der Waals surface area contributed by atoms with Crippen LogP contribution in [0.4, 0.5) is 5.69 Å². The molecule has 10 heteroatoms. The molecule has 0 saturated carbocycles. The van der Waals surface area contributed by atoms with Crippen LogP contribution in [0.15, 0.2) is 40.7 Å². The SMILES string of the molecule is Nc1ccc2c(c1)-c1nc(SCC(=O)NC[C@H]3CN(Cc4ccc(Cl)c(Cl)c4)CCO3)sc1CC2. The summed E-state index contributed by atoms with van der Waals surface area (Å²) in [5, 5.41) is 4.14. The third-order valence-corrected chi connectivity index (χ3v) is 9.15. The third kappa shape index (κ3) is 6.13. The molecule has 2 heterocycles. The second-order valence-corrected chi connectivity index (χ2v) is 11.9. The van der Waals surface area contributed by atoms with Gasteiger partial charge in [-0.15, -0.1) is 11.3 Å². The Hall–Kier alpha value is -1.81. The Morgan fingerprint density at radius 1 is 1.23 bits per heavy atom. The summed E-state index contributed by atoms with van der Waals surface area (Å²) < 4.78 is 6.79. The van der Waals surface area contributed by atoms with Crippen LogP contribution in [-0.4, -0.2) is 53.9 Å². The van der Waals surface area contributed by atoms with Gasteiger partial charge in [-0.25, -0.2) is 4.98 Å². The summed E-state index contributed by atoms with van der Waals surface area (Å²) in [5.41, 5.74) is 11.3. The fraction of sp³-hybridized carbons (Fsp3) is 0.360. The van der Waals surface area contributed by atoms with Crippen LogP contribution in [0.3, 0.4) is 0 Å². The number of benzene rings is 2. The highest BCUT2D eigenvalue weighted by Crippen LogP contribution is 2.39. The minimum atomic E-state index is -0.0467. The molecule has 5 rings (SSSR count). The molecule has 2 aromatic carbocycles. The first-order chi connectivity index (χ1) is 16.9. The van der Waals surface area contributed by atoms with Crippen molar-refractivity contribution < 1.29 is 9.53 Å². The van der Waals surface area contributed by atoms with Gasteiger partial charge in [-0.05, 0) is 48.2 Å². The molecule has 2 aliphatic rings. The van der Waals surface area contributed by atoms with Crippen molar-refractivity contribution in [2.45, 2.75) is 29.8 Å². The van der Waals surface area contributed by atoms with E-state index < -0.39 is 0 Å². The molecule has 1 aromatic heterocycles. The first-order valence-electron chi connectivity index (χ1n) is 11.5. The summed E-state index contributed by atoms with van der Waals surface area (Å²) in [4.78, 5) is 20.9. The van der Waals surface area contributed by atoms with E-state index in [-0.39, 0.29) is 12.0 Å². The van der Waals surface area contributed by atoms with Crippen molar-refractivity contribution >= 4 is 57.9 Å². The molecule has 1 aliphatic heterocycles. The maximum absolute atomic E-state index is 12.5. The summed E-state index contributed by atoms with van der Waals surface area (Å²) in [6.45, 7) is 3.47. The highest BCUT2D eigenvalue weighted by atomic mass is 35.5. The van der Waals surface area contributed by atoms with Crippen molar-refractivity contribution in [3.05, 3.63) is 62.4 Å². The fourth-order valence-corrected chi connectivity index (χ4v) is 6.75. The Labute approximate surface area is 223 Å². The van der Waals surface area contributed by atoms with Gasteiger partial charge in [0.2, 0.25) is 5.91 Å². The van der Waals surface area contributed by atoms with Gasteiger partial charge >= 0.3 is 0 Å². The third-order valence-electron chi connectivity index (χ3n) is 6.15. The number of thioether (sulfide) groups is 1. The number of thiazole rings is 1. The second kappa shape index (κ2) is 11.1. The second-order valence-electron chi connectivity index (χ2n) is 8.74. The fourth-order valence-electron chi connectivity index (χ4n) is 4.40. The lowest BCUT2D eigenvalue weighted by Crippen LogP contribution is -2.47. The number of nitrogen functional groups attached to an aromatic ring is 1. The first kappa shape index (κ1) is 24.9. The van der Waals surface area contributed by atoms with Crippen LogP contribution in [-0.2, 0) is 28.9 Å². The van der Waals surface area contributed by atoms with Crippen LogP contribution < -0.4 is 11.1 Å². The molecular weight excluding hydrogens is 523 g/mol. The molecule has 6 nitrogen and oxygen atoms in total. The summed E-state index contributed by atoms with van der Waals surface area (Å²) in [6, 6.07) is 11.7. The maximum Gasteiger partial charge on any atom is 0.230 e.